The van der Waals surface area contributed by atoms with E-state index in [0.717, 1.165) is 29.6 Å². The molecule has 17 heavy (non-hydrogen) atoms. The van der Waals surface area contributed by atoms with E-state index < -0.39 is 0 Å². The van der Waals surface area contributed by atoms with Gasteiger partial charge in [0.05, 0.1) is 0 Å². The SMILES string of the molecule is CCC1CC(C)CC1CC(C)CCC1CCC1. The molecule has 4 unspecified atom stereocenters. The number of hydrogen-bond donors (Lipinski definition) is 0. The zero-order chi connectivity index (χ0) is 12.3. The molecule has 0 heteroatoms. The van der Waals surface area contributed by atoms with Crippen LogP contribution in [0.4, 0.5) is 0 Å². The molecule has 0 radical (unpaired) electrons. The molecular weight excluding hydrogens is 204 g/mol. The standard InChI is InChI=1S/C17H32/c1-4-16-11-14(3)12-17(16)10-13(2)8-9-15-6-5-7-15/h13-17H,4-12H2,1-3H3. The van der Waals surface area contributed by atoms with Crippen molar-refractivity contribution in [1.82, 2.24) is 0 Å². The molecule has 0 aromatic carbocycles. The topological polar surface area (TPSA) is 0 Å². The van der Waals surface area contributed by atoms with Crippen molar-refractivity contribution in [3.63, 3.8) is 0 Å². The number of hydrogen-bond acceptors (Lipinski definition) is 0. The van der Waals surface area contributed by atoms with Gasteiger partial charge in [-0.25, -0.2) is 0 Å². The zero-order valence-electron chi connectivity index (χ0n) is 12.3. The zero-order valence-corrected chi connectivity index (χ0v) is 12.3. The van der Waals surface area contributed by atoms with Crippen LogP contribution in [0.3, 0.4) is 0 Å². The summed E-state index contributed by atoms with van der Waals surface area (Å²) in [4.78, 5) is 0. The summed E-state index contributed by atoms with van der Waals surface area (Å²) >= 11 is 0. The Morgan fingerprint density at radius 3 is 2.41 bits per heavy atom. The molecule has 100 valence electrons. The Labute approximate surface area is 109 Å². The van der Waals surface area contributed by atoms with Gasteiger partial charge in [-0.05, 0) is 48.9 Å². The van der Waals surface area contributed by atoms with Crippen LogP contribution in [0.5, 0.6) is 0 Å². The lowest BCUT2D eigenvalue weighted by atomic mass is 9.78. The Hall–Kier alpha value is 0. The van der Waals surface area contributed by atoms with Crippen molar-refractivity contribution in [1.29, 1.82) is 0 Å². The van der Waals surface area contributed by atoms with Gasteiger partial charge >= 0.3 is 0 Å². The maximum absolute atomic E-state index is 2.51. The Balaban J connectivity index is 1.67. The van der Waals surface area contributed by atoms with Crippen LogP contribution in [0, 0.1) is 29.6 Å². The van der Waals surface area contributed by atoms with E-state index in [9.17, 15) is 0 Å². The minimum Gasteiger partial charge on any atom is -0.0651 e. The summed E-state index contributed by atoms with van der Waals surface area (Å²) in [5, 5.41) is 0. The molecule has 0 nitrogen and oxygen atoms in total. The highest BCUT2D eigenvalue weighted by atomic mass is 14.4. The Kier molecular flexibility index (Phi) is 4.94. The van der Waals surface area contributed by atoms with Gasteiger partial charge in [-0.1, -0.05) is 59.3 Å². The summed E-state index contributed by atoms with van der Waals surface area (Å²) in [6, 6.07) is 0. The van der Waals surface area contributed by atoms with Crippen LogP contribution in [-0.2, 0) is 0 Å². The fourth-order valence-corrected chi connectivity index (χ4v) is 4.24. The van der Waals surface area contributed by atoms with E-state index in [0.29, 0.717) is 0 Å². The van der Waals surface area contributed by atoms with E-state index in [2.05, 4.69) is 20.8 Å². The van der Waals surface area contributed by atoms with E-state index in [1.165, 1.54) is 57.8 Å². The molecule has 0 aromatic rings. The first-order valence-corrected chi connectivity index (χ1v) is 8.19. The monoisotopic (exact) mass is 236 g/mol. The van der Waals surface area contributed by atoms with E-state index in [-0.39, 0.29) is 0 Å². The predicted octanol–water partition coefficient (Wildman–Crippen LogP) is 5.67. The molecule has 0 N–H and O–H groups in total. The summed E-state index contributed by atoms with van der Waals surface area (Å²) in [6.07, 6.45) is 13.6. The first-order chi connectivity index (χ1) is 8.19. The van der Waals surface area contributed by atoms with Crippen LogP contribution in [-0.4, -0.2) is 0 Å². The molecule has 2 saturated carbocycles. The van der Waals surface area contributed by atoms with Crippen molar-refractivity contribution < 1.29 is 0 Å². The second-order valence-electron chi connectivity index (χ2n) is 7.22. The Bertz CT molecular complexity index is 216. The van der Waals surface area contributed by atoms with Crippen LogP contribution in [0.2, 0.25) is 0 Å². The van der Waals surface area contributed by atoms with Crippen LogP contribution in [0.25, 0.3) is 0 Å². The van der Waals surface area contributed by atoms with E-state index in [4.69, 9.17) is 0 Å². The second kappa shape index (κ2) is 6.25. The molecule has 0 spiro atoms. The van der Waals surface area contributed by atoms with Crippen molar-refractivity contribution in [3.05, 3.63) is 0 Å². The number of rotatable bonds is 6. The quantitative estimate of drug-likeness (QED) is 0.558. The minimum absolute atomic E-state index is 0.986. The molecule has 0 heterocycles. The summed E-state index contributed by atoms with van der Waals surface area (Å²) in [6.45, 7) is 7.37. The van der Waals surface area contributed by atoms with Gasteiger partial charge in [-0.2, -0.15) is 0 Å². The highest BCUT2D eigenvalue weighted by molar-refractivity contribution is 4.82. The van der Waals surface area contributed by atoms with Gasteiger partial charge in [0.2, 0.25) is 0 Å². The second-order valence-corrected chi connectivity index (χ2v) is 7.22. The van der Waals surface area contributed by atoms with Crippen molar-refractivity contribution >= 4 is 0 Å². The molecule has 0 bridgehead atoms. The average Bonchev–Trinajstić information content (AvgIpc) is 2.56. The van der Waals surface area contributed by atoms with Gasteiger partial charge in [-0.3, -0.25) is 0 Å². The molecule has 2 fully saturated rings. The Morgan fingerprint density at radius 1 is 1.12 bits per heavy atom. The first kappa shape index (κ1) is 13.4. The average molecular weight is 236 g/mol. The molecule has 4 atom stereocenters. The van der Waals surface area contributed by atoms with Crippen molar-refractivity contribution in [3.8, 4) is 0 Å². The first-order valence-electron chi connectivity index (χ1n) is 8.19. The maximum atomic E-state index is 2.51. The van der Waals surface area contributed by atoms with Gasteiger partial charge in [0.15, 0.2) is 0 Å². The maximum Gasteiger partial charge on any atom is -0.0381 e. The third kappa shape index (κ3) is 3.73. The summed E-state index contributed by atoms with van der Waals surface area (Å²) in [5.41, 5.74) is 0. The third-order valence-corrected chi connectivity index (χ3v) is 5.60. The summed E-state index contributed by atoms with van der Waals surface area (Å²) in [5.74, 6) is 5.22. The highest BCUT2D eigenvalue weighted by Crippen LogP contribution is 2.42. The van der Waals surface area contributed by atoms with Gasteiger partial charge < -0.3 is 0 Å². The largest absolute Gasteiger partial charge is 0.0651 e. The van der Waals surface area contributed by atoms with E-state index in [1.54, 1.807) is 0 Å². The molecular formula is C17H32. The van der Waals surface area contributed by atoms with Gasteiger partial charge in [0, 0.05) is 0 Å². The predicted molar refractivity (Wildman–Crippen MR) is 76.0 cm³/mol. The molecule has 0 aromatic heterocycles. The van der Waals surface area contributed by atoms with Crippen LogP contribution in [0.15, 0.2) is 0 Å². The van der Waals surface area contributed by atoms with Crippen molar-refractivity contribution in [2.24, 2.45) is 29.6 Å². The lowest BCUT2D eigenvalue weighted by Gasteiger charge is -2.28. The fourth-order valence-electron chi connectivity index (χ4n) is 4.24. The van der Waals surface area contributed by atoms with Crippen LogP contribution < -0.4 is 0 Å². The van der Waals surface area contributed by atoms with Gasteiger partial charge in [-0.15, -0.1) is 0 Å². The minimum atomic E-state index is 0.986. The van der Waals surface area contributed by atoms with Crippen LogP contribution in [0.1, 0.15) is 78.6 Å². The normalized spacial score (nSPS) is 35.8. The molecule has 2 rings (SSSR count). The smallest absolute Gasteiger partial charge is 0.0381 e. The summed E-state index contributed by atoms with van der Waals surface area (Å²) < 4.78 is 0. The van der Waals surface area contributed by atoms with Gasteiger partial charge in [0.25, 0.3) is 0 Å². The molecule has 0 aliphatic heterocycles. The van der Waals surface area contributed by atoms with Gasteiger partial charge in [0.1, 0.15) is 0 Å². The lowest BCUT2D eigenvalue weighted by Crippen LogP contribution is -2.15. The molecule has 0 saturated heterocycles. The summed E-state index contributed by atoms with van der Waals surface area (Å²) in [7, 11) is 0. The Morgan fingerprint density at radius 2 is 1.82 bits per heavy atom. The lowest BCUT2D eigenvalue weighted by molar-refractivity contribution is 0.245. The molecule has 2 aliphatic carbocycles. The third-order valence-electron chi connectivity index (χ3n) is 5.60. The molecule has 0 amide bonds. The van der Waals surface area contributed by atoms with Crippen LogP contribution >= 0.6 is 0 Å². The van der Waals surface area contributed by atoms with E-state index in [1.807, 2.05) is 0 Å². The highest BCUT2D eigenvalue weighted by Gasteiger charge is 2.31. The van der Waals surface area contributed by atoms with Crippen molar-refractivity contribution in [2.75, 3.05) is 0 Å². The molecule has 2 aliphatic rings. The van der Waals surface area contributed by atoms with E-state index >= 15 is 0 Å². The van der Waals surface area contributed by atoms with Crippen molar-refractivity contribution in [2.45, 2.75) is 78.6 Å². The fraction of sp³-hybridized carbons (Fsp3) is 1.00.